The maximum absolute atomic E-state index is 14.3. The predicted molar refractivity (Wildman–Crippen MR) is 136 cm³/mol. The highest BCUT2D eigenvalue weighted by molar-refractivity contribution is 5.95. The second-order valence-electron chi connectivity index (χ2n) is 12.0. The molecule has 4 aliphatic carbocycles. The predicted octanol–water partition coefficient (Wildman–Crippen LogP) is 5.09. The number of ketones is 1. The van der Waals surface area contributed by atoms with Crippen molar-refractivity contribution in [3.63, 3.8) is 0 Å². The number of esters is 1. The third-order valence-corrected chi connectivity index (χ3v) is 9.53. The first-order valence-electron chi connectivity index (χ1n) is 13.3. The fourth-order valence-electron chi connectivity index (χ4n) is 7.55. The van der Waals surface area contributed by atoms with Gasteiger partial charge in [0.2, 0.25) is 0 Å². The lowest BCUT2D eigenvalue weighted by Crippen LogP contribution is -2.65. The normalized spacial score (nSPS) is 41.7. The minimum absolute atomic E-state index is 0.0510. The largest absolute Gasteiger partial charge is 0.451 e. The summed E-state index contributed by atoms with van der Waals surface area (Å²) >= 11 is 0. The van der Waals surface area contributed by atoms with E-state index in [9.17, 15) is 19.8 Å². The summed E-state index contributed by atoms with van der Waals surface area (Å²) < 4.78 is 5.80. The molecule has 4 aliphatic rings. The van der Waals surface area contributed by atoms with E-state index in [1.54, 1.807) is 19.9 Å². The van der Waals surface area contributed by atoms with Crippen molar-refractivity contribution in [3.05, 3.63) is 47.6 Å². The number of aliphatic hydroxyl groups is 2. The van der Waals surface area contributed by atoms with Crippen molar-refractivity contribution in [2.24, 2.45) is 34.5 Å². The Labute approximate surface area is 210 Å². The molecular formula is C30H42O5. The van der Waals surface area contributed by atoms with E-state index >= 15 is 0 Å². The Morgan fingerprint density at radius 3 is 2.60 bits per heavy atom. The number of unbranched alkanes of at least 4 members (excludes halogenated alkanes) is 3. The number of carbonyl (C=O) groups excluding carboxylic acids is 2. The van der Waals surface area contributed by atoms with Crippen molar-refractivity contribution in [3.8, 4) is 0 Å². The Kier molecular flexibility index (Phi) is 6.82. The first-order chi connectivity index (χ1) is 16.4. The molecule has 0 saturated heterocycles. The van der Waals surface area contributed by atoms with Crippen LogP contribution >= 0.6 is 0 Å². The van der Waals surface area contributed by atoms with Gasteiger partial charge in [0.05, 0.1) is 5.41 Å². The van der Waals surface area contributed by atoms with Gasteiger partial charge in [0.15, 0.2) is 17.5 Å². The maximum atomic E-state index is 14.3. The van der Waals surface area contributed by atoms with Crippen LogP contribution in [-0.4, -0.2) is 39.8 Å². The first-order valence-corrected chi connectivity index (χ1v) is 13.3. The van der Waals surface area contributed by atoms with Gasteiger partial charge in [-0.25, -0.2) is 4.79 Å². The van der Waals surface area contributed by atoms with Crippen LogP contribution in [0.1, 0.15) is 73.6 Å². The number of allylic oxidation sites excluding steroid dienone is 4. The molecule has 5 heteroatoms. The lowest BCUT2D eigenvalue weighted by molar-refractivity contribution is -0.200. The van der Waals surface area contributed by atoms with Crippen LogP contribution in [0.15, 0.2) is 47.6 Å². The number of Topliss-reactive ketones (excluding diaryl/α,β-unsaturated/α-hetero) is 1. The topological polar surface area (TPSA) is 83.8 Å². The number of fused-ring (bicyclic) bond motifs is 3. The van der Waals surface area contributed by atoms with Gasteiger partial charge < -0.3 is 14.9 Å². The summed E-state index contributed by atoms with van der Waals surface area (Å²) in [5.74, 6) is -0.627. The minimum atomic E-state index is -1.94. The average Bonchev–Trinajstić information content (AvgIpc) is 3.29. The minimum Gasteiger partial charge on any atom is -0.451 e. The van der Waals surface area contributed by atoms with E-state index < -0.39 is 29.2 Å². The second-order valence-corrected chi connectivity index (χ2v) is 12.0. The Bertz CT molecular complexity index is 1000. The van der Waals surface area contributed by atoms with Crippen molar-refractivity contribution in [1.82, 2.24) is 0 Å². The summed E-state index contributed by atoms with van der Waals surface area (Å²) in [6.07, 6.45) is 13.3. The molecule has 5 nitrogen and oxygen atoms in total. The van der Waals surface area contributed by atoms with Crippen molar-refractivity contribution in [2.75, 3.05) is 0 Å². The van der Waals surface area contributed by atoms with Crippen LogP contribution in [0, 0.1) is 34.5 Å². The zero-order valence-electron chi connectivity index (χ0n) is 22.1. The van der Waals surface area contributed by atoms with Gasteiger partial charge >= 0.3 is 5.97 Å². The van der Waals surface area contributed by atoms with Crippen LogP contribution in [0.4, 0.5) is 0 Å². The summed E-state index contributed by atoms with van der Waals surface area (Å²) in [5, 5.41) is 23.8. The van der Waals surface area contributed by atoms with Crippen LogP contribution in [0.2, 0.25) is 0 Å². The smallest absolute Gasteiger partial charge is 0.331 e. The fourth-order valence-corrected chi connectivity index (χ4v) is 7.55. The van der Waals surface area contributed by atoms with Gasteiger partial charge in [-0.3, -0.25) is 4.79 Å². The van der Waals surface area contributed by atoms with Gasteiger partial charge in [-0.2, -0.15) is 0 Å². The van der Waals surface area contributed by atoms with Crippen LogP contribution in [0.3, 0.4) is 0 Å². The zero-order valence-corrected chi connectivity index (χ0v) is 22.1. The summed E-state index contributed by atoms with van der Waals surface area (Å²) in [5.41, 5.74) is -2.00. The lowest BCUT2D eigenvalue weighted by Gasteiger charge is -2.48. The van der Waals surface area contributed by atoms with E-state index in [2.05, 4.69) is 20.8 Å². The molecule has 2 fully saturated rings. The summed E-state index contributed by atoms with van der Waals surface area (Å²) in [6, 6.07) is 0. The molecule has 1 spiro atoms. The van der Waals surface area contributed by atoms with E-state index in [4.69, 9.17) is 4.74 Å². The second kappa shape index (κ2) is 9.15. The molecule has 192 valence electrons. The number of aliphatic hydroxyl groups excluding tert-OH is 1. The Morgan fingerprint density at radius 1 is 1.20 bits per heavy atom. The van der Waals surface area contributed by atoms with Crippen molar-refractivity contribution < 1.29 is 24.5 Å². The SMILES string of the molecule is CCCCCC=CC=CC(=O)OC1C(C)=CC23C(=O)C(C=C(C)C(O)C12O)C1C(CC3C)C1(C)C. The molecule has 0 aliphatic heterocycles. The highest BCUT2D eigenvalue weighted by atomic mass is 16.6. The monoisotopic (exact) mass is 482 g/mol. The Hall–Kier alpha value is -1.98. The van der Waals surface area contributed by atoms with E-state index in [0.717, 1.165) is 25.7 Å². The van der Waals surface area contributed by atoms with Crippen LogP contribution < -0.4 is 0 Å². The molecule has 2 N–H and O–H groups in total. The molecule has 2 saturated carbocycles. The van der Waals surface area contributed by atoms with Crippen LogP contribution in [-0.2, 0) is 14.3 Å². The molecule has 0 amide bonds. The zero-order chi connectivity index (χ0) is 25.8. The van der Waals surface area contributed by atoms with Crippen LogP contribution in [0.25, 0.3) is 0 Å². The molecule has 0 radical (unpaired) electrons. The summed E-state index contributed by atoms with van der Waals surface area (Å²) in [7, 11) is 0. The van der Waals surface area contributed by atoms with Gasteiger partial charge in [0.25, 0.3) is 0 Å². The average molecular weight is 483 g/mol. The third kappa shape index (κ3) is 3.81. The lowest BCUT2D eigenvalue weighted by atomic mass is 9.59. The summed E-state index contributed by atoms with van der Waals surface area (Å²) in [6.45, 7) is 12.1. The highest BCUT2D eigenvalue weighted by Crippen LogP contribution is 2.71. The molecule has 8 atom stereocenters. The maximum Gasteiger partial charge on any atom is 0.331 e. The number of rotatable bonds is 7. The molecule has 35 heavy (non-hydrogen) atoms. The first kappa shape index (κ1) is 26.1. The third-order valence-electron chi connectivity index (χ3n) is 9.53. The van der Waals surface area contributed by atoms with E-state index in [-0.39, 0.29) is 29.0 Å². The number of hydrogen-bond acceptors (Lipinski definition) is 5. The number of ether oxygens (including phenoxy) is 1. The molecule has 0 heterocycles. The Balaban J connectivity index is 1.63. The molecular weight excluding hydrogens is 440 g/mol. The van der Waals surface area contributed by atoms with Gasteiger partial charge in [-0.05, 0) is 67.4 Å². The van der Waals surface area contributed by atoms with Gasteiger partial charge in [0.1, 0.15) is 6.10 Å². The fraction of sp³-hybridized carbons (Fsp3) is 0.667. The van der Waals surface area contributed by atoms with Gasteiger partial charge in [0, 0.05) is 12.0 Å². The van der Waals surface area contributed by atoms with Crippen molar-refractivity contribution >= 4 is 11.8 Å². The van der Waals surface area contributed by atoms with Gasteiger partial charge in [-0.1, -0.05) is 70.9 Å². The number of hydrogen-bond donors (Lipinski definition) is 2. The molecule has 8 unspecified atom stereocenters. The molecule has 4 rings (SSSR count). The van der Waals surface area contributed by atoms with E-state index in [1.165, 1.54) is 12.5 Å². The molecule has 2 bridgehead atoms. The quantitative estimate of drug-likeness (QED) is 0.174. The van der Waals surface area contributed by atoms with Crippen LogP contribution in [0.5, 0.6) is 0 Å². The standard InChI is InChI=1S/C30H42O5/c1-7-8-9-10-11-12-13-14-23(31)35-27-19(3)17-29-20(4)16-22-24(28(22,5)6)21(26(29)33)15-18(2)25(32)30(27,29)34/h11-15,17,20-22,24-25,27,32,34H,7-10,16H2,1-6H3. The Morgan fingerprint density at radius 2 is 1.91 bits per heavy atom. The highest BCUT2D eigenvalue weighted by Gasteiger charge is 2.76. The van der Waals surface area contributed by atoms with Gasteiger partial charge in [-0.15, -0.1) is 0 Å². The van der Waals surface area contributed by atoms with E-state index in [0.29, 0.717) is 17.1 Å². The summed E-state index contributed by atoms with van der Waals surface area (Å²) in [4.78, 5) is 27.0. The van der Waals surface area contributed by atoms with Crippen molar-refractivity contribution in [1.29, 1.82) is 0 Å². The molecule has 0 aromatic heterocycles. The number of carbonyl (C=O) groups is 2. The molecule has 0 aromatic carbocycles. The molecule has 0 aromatic rings. The van der Waals surface area contributed by atoms with Crippen molar-refractivity contribution in [2.45, 2.75) is 91.5 Å². The van der Waals surface area contributed by atoms with E-state index in [1.807, 2.05) is 31.2 Å².